The molecule has 3 aromatic rings. The molecule has 32 heavy (non-hydrogen) atoms. The minimum atomic E-state index is -3.65. The second-order valence-electron chi connectivity index (χ2n) is 7.88. The van der Waals surface area contributed by atoms with Gasteiger partial charge in [0.25, 0.3) is 15.9 Å². The van der Waals surface area contributed by atoms with Crippen molar-refractivity contribution >= 4 is 27.3 Å². The molecule has 166 valence electrons. The smallest absolute Gasteiger partial charge is 0.264 e. The molecule has 1 fully saturated rings. The first-order valence-electron chi connectivity index (χ1n) is 10.7. The molecule has 0 aliphatic carbocycles. The molecule has 0 aromatic heterocycles. The van der Waals surface area contributed by atoms with Crippen molar-refractivity contribution in [3.05, 3.63) is 90.0 Å². The highest BCUT2D eigenvalue weighted by Crippen LogP contribution is 2.23. The van der Waals surface area contributed by atoms with Gasteiger partial charge < -0.3 is 10.2 Å². The van der Waals surface area contributed by atoms with Crippen molar-refractivity contribution in [1.82, 2.24) is 5.32 Å². The minimum absolute atomic E-state index is 0.200. The van der Waals surface area contributed by atoms with E-state index in [1.807, 2.05) is 12.1 Å². The number of amides is 1. The average molecular weight is 450 g/mol. The summed E-state index contributed by atoms with van der Waals surface area (Å²) in [4.78, 5) is 15.1. The standard InChI is InChI=1S/C25H27N3O3S/c1-27(32(30,31)24-7-3-2-4-8-24)22-15-11-21(12-16-22)25(29)26-19-20-9-13-23(14-10-20)28-17-5-6-18-28/h2-4,7-16H,5-6,17-19H2,1H3,(H,26,29). The number of benzene rings is 3. The zero-order valence-corrected chi connectivity index (χ0v) is 18.9. The quantitative estimate of drug-likeness (QED) is 0.591. The molecule has 0 bridgehead atoms. The first kappa shape index (κ1) is 21.9. The molecule has 0 spiro atoms. The summed E-state index contributed by atoms with van der Waals surface area (Å²) >= 11 is 0. The summed E-state index contributed by atoms with van der Waals surface area (Å²) in [6.45, 7) is 2.64. The zero-order chi connectivity index (χ0) is 22.6. The van der Waals surface area contributed by atoms with E-state index in [0.717, 1.165) is 18.7 Å². The van der Waals surface area contributed by atoms with Gasteiger partial charge in [0.05, 0.1) is 10.6 Å². The zero-order valence-electron chi connectivity index (χ0n) is 18.1. The van der Waals surface area contributed by atoms with Crippen molar-refractivity contribution in [3.63, 3.8) is 0 Å². The van der Waals surface area contributed by atoms with E-state index >= 15 is 0 Å². The van der Waals surface area contributed by atoms with Crippen LogP contribution in [0.15, 0.2) is 83.8 Å². The summed E-state index contributed by atoms with van der Waals surface area (Å²) in [6, 6.07) is 23.1. The Morgan fingerprint density at radius 2 is 1.53 bits per heavy atom. The normalized spacial score (nSPS) is 13.7. The average Bonchev–Trinajstić information content (AvgIpc) is 3.38. The fraction of sp³-hybridized carbons (Fsp3) is 0.240. The predicted molar refractivity (Wildman–Crippen MR) is 128 cm³/mol. The van der Waals surface area contributed by atoms with E-state index in [2.05, 4.69) is 22.3 Å². The topological polar surface area (TPSA) is 69.7 Å². The Hall–Kier alpha value is -3.32. The molecule has 1 saturated heterocycles. The Balaban J connectivity index is 1.37. The van der Waals surface area contributed by atoms with Gasteiger partial charge in [0.1, 0.15) is 0 Å². The number of hydrogen-bond acceptors (Lipinski definition) is 4. The fourth-order valence-electron chi connectivity index (χ4n) is 3.80. The molecule has 1 aliphatic heterocycles. The molecule has 3 aromatic carbocycles. The SMILES string of the molecule is CN(c1ccc(C(=O)NCc2ccc(N3CCCC3)cc2)cc1)S(=O)(=O)c1ccccc1. The van der Waals surface area contributed by atoms with Crippen LogP contribution in [0, 0.1) is 0 Å². The summed E-state index contributed by atoms with van der Waals surface area (Å²) in [7, 11) is -2.15. The molecule has 1 aliphatic rings. The maximum Gasteiger partial charge on any atom is 0.264 e. The van der Waals surface area contributed by atoms with Gasteiger partial charge in [-0.05, 0) is 66.9 Å². The lowest BCUT2D eigenvalue weighted by Crippen LogP contribution is -2.27. The molecule has 1 heterocycles. The lowest BCUT2D eigenvalue weighted by Gasteiger charge is -2.19. The number of nitrogens with zero attached hydrogens (tertiary/aromatic N) is 2. The summed E-state index contributed by atoms with van der Waals surface area (Å²) in [5.41, 5.74) is 3.23. The molecule has 6 nitrogen and oxygen atoms in total. The Bertz CT molecular complexity index is 1160. The third-order valence-electron chi connectivity index (χ3n) is 5.76. The Kier molecular flexibility index (Phi) is 6.46. The van der Waals surface area contributed by atoms with Crippen LogP contribution in [0.4, 0.5) is 11.4 Å². The van der Waals surface area contributed by atoms with E-state index in [-0.39, 0.29) is 10.8 Å². The number of hydrogen-bond donors (Lipinski definition) is 1. The first-order valence-corrected chi connectivity index (χ1v) is 12.2. The highest BCUT2D eigenvalue weighted by Gasteiger charge is 2.21. The third kappa shape index (κ3) is 4.78. The van der Waals surface area contributed by atoms with E-state index in [9.17, 15) is 13.2 Å². The molecule has 1 amide bonds. The molecule has 0 saturated carbocycles. The second kappa shape index (κ2) is 9.44. The summed E-state index contributed by atoms with van der Waals surface area (Å²) in [6.07, 6.45) is 2.48. The van der Waals surface area contributed by atoms with Crippen molar-refractivity contribution in [2.75, 3.05) is 29.3 Å². The number of carbonyl (C=O) groups is 1. The van der Waals surface area contributed by atoms with Crippen LogP contribution in [0.5, 0.6) is 0 Å². The van der Waals surface area contributed by atoms with Crippen LogP contribution >= 0.6 is 0 Å². The van der Waals surface area contributed by atoms with Crippen molar-refractivity contribution in [2.24, 2.45) is 0 Å². The third-order valence-corrected chi connectivity index (χ3v) is 7.56. The van der Waals surface area contributed by atoms with E-state index < -0.39 is 10.0 Å². The van der Waals surface area contributed by atoms with Crippen LogP contribution in [0.25, 0.3) is 0 Å². The summed E-state index contributed by atoms with van der Waals surface area (Å²) < 4.78 is 26.7. The monoisotopic (exact) mass is 449 g/mol. The molecule has 0 unspecified atom stereocenters. The fourth-order valence-corrected chi connectivity index (χ4v) is 5.01. The van der Waals surface area contributed by atoms with Gasteiger partial charge in [-0.3, -0.25) is 9.10 Å². The van der Waals surface area contributed by atoms with Crippen molar-refractivity contribution in [1.29, 1.82) is 0 Å². The number of sulfonamides is 1. The van der Waals surface area contributed by atoms with Gasteiger partial charge in [-0.2, -0.15) is 0 Å². The number of nitrogens with one attached hydrogen (secondary N) is 1. The Morgan fingerprint density at radius 1 is 0.906 bits per heavy atom. The van der Waals surface area contributed by atoms with Crippen LogP contribution in [-0.4, -0.2) is 34.5 Å². The predicted octanol–water partition coefficient (Wildman–Crippen LogP) is 4.04. The van der Waals surface area contributed by atoms with Crippen molar-refractivity contribution < 1.29 is 13.2 Å². The van der Waals surface area contributed by atoms with Gasteiger partial charge >= 0.3 is 0 Å². The van der Waals surface area contributed by atoms with Crippen LogP contribution in [-0.2, 0) is 16.6 Å². The molecule has 1 N–H and O–H groups in total. The van der Waals surface area contributed by atoms with E-state index in [1.165, 1.54) is 29.9 Å². The van der Waals surface area contributed by atoms with Crippen molar-refractivity contribution in [2.45, 2.75) is 24.3 Å². The van der Waals surface area contributed by atoms with E-state index in [0.29, 0.717) is 17.8 Å². The molecule has 0 radical (unpaired) electrons. The highest BCUT2D eigenvalue weighted by molar-refractivity contribution is 7.92. The number of carbonyl (C=O) groups excluding carboxylic acids is 1. The summed E-state index contributed by atoms with van der Waals surface area (Å²) in [5.74, 6) is -0.200. The van der Waals surface area contributed by atoms with Gasteiger partial charge in [0.15, 0.2) is 0 Å². The largest absolute Gasteiger partial charge is 0.372 e. The van der Waals surface area contributed by atoms with Crippen LogP contribution in [0.2, 0.25) is 0 Å². The summed E-state index contributed by atoms with van der Waals surface area (Å²) in [5, 5.41) is 2.92. The van der Waals surface area contributed by atoms with E-state index in [1.54, 1.807) is 54.6 Å². The molecule has 7 heteroatoms. The maximum absolute atomic E-state index is 12.8. The second-order valence-corrected chi connectivity index (χ2v) is 9.85. The molecule has 0 atom stereocenters. The van der Waals surface area contributed by atoms with Gasteiger partial charge in [0, 0.05) is 37.9 Å². The molecular weight excluding hydrogens is 422 g/mol. The first-order chi connectivity index (χ1) is 15.4. The van der Waals surface area contributed by atoms with Gasteiger partial charge in [-0.15, -0.1) is 0 Å². The Morgan fingerprint density at radius 3 is 2.16 bits per heavy atom. The molecular formula is C25H27N3O3S. The minimum Gasteiger partial charge on any atom is -0.372 e. The lowest BCUT2D eigenvalue weighted by atomic mass is 10.1. The Labute approximate surface area is 189 Å². The van der Waals surface area contributed by atoms with Gasteiger partial charge in [-0.25, -0.2) is 8.42 Å². The van der Waals surface area contributed by atoms with Gasteiger partial charge in [0.2, 0.25) is 0 Å². The van der Waals surface area contributed by atoms with Crippen LogP contribution in [0.3, 0.4) is 0 Å². The maximum atomic E-state index is 12.8. The number of anilines is 2. The van der Waals surface area contributed by atoms with Crippen LogP contribution in [0.1, 0.15) is 28.8 Å². The van der Waals surface area contributed by atoms with Gasteiger partial charge in [-0.1, -0.05) is 30.3 Å². The highest BCUT2D eigenvalue weighted by atomic mass is 32.2. The van der Waals surface area contributed by atoms with Crippen LogP contribution < -0.4 is 14.5 Å². The van der Waals surface area contributed by atoms with Crippen molar-refractivity contribution in [3.8, 4) is 0 Å². The molecule has 4 rings (SSSR count). The number of rotatable bonds is 7. The van der Waals surface area contributed by atoms with E-state index in [4.69, 9.17) is 0 Å². The lowest BCUT2D eigenvalue weighted by molar-refractivity contribution is 0.0951.